The molecular formula is C28H21F6N5O4. The molecule has 5 rings (SSSR count). The topological polar surface area (TPSA) is 135 Å². The van der Waals surface area contributed by atoms with E-state index in [2.05, 4.69) is 15.3 Å². The molecule has 1 saturated heterocycles. The van der Waals surface area contributed by atoms with Crippen LogP contribution in [0.25, 0.3) is 28.3 Å². The molecule has 0 bridgehead atoms. The maximum absolute atomic E-state index is 14.0. The Morgan fingerprint density at radius 2 is 1.79 bits per heavy atom. The fourth-order valence-electron chi connectivity index (χ4n) is 4.35. The number of nitrogens with one attached hydrogen (secondary N) is 1. The number of rotatable bonds is 6. The van der Waals surface area contributed by atoms with Crippen molar-refractivity contribution in [3.05, 3.63) is 83.4 Å². The van der Waals surface area contributed by atoms with Crippen molar-refractivity contribution >= 4 is 34.7 Å². The van der Waals surface area contributed by atoms with Crippen LogP contribution in [0.3, 0.4) is 0 Å². The number of β-amino-alcohol motifs (C(OH)–C–C–N with tert-alkyl or cyclic N) is 1. The largest absolute Gasteiger partial charge is 0.459 e. The van der Waals surface area contributed by atoms with Crippen LogP contribution in [0.1, 0.15) is 27.2 Å². The van der Waals surface area contributed by atoms with Crippen LogP contribution in [-0.4, -0.2) is 56.7 Å². The number of fused-ring (bicyclic) bond motifs is 1. The van der Waals surface area contributed by atoms with E-state index in [-0.39, 0.29) is 34.5 Å². The van der Waals surface area contributed by atoms with Crippen LogP contribution < -0.4 is 11.1 Å². The lowest BCUT2D eigenvalue weighted by atomic mass is 9.92. The van der Waals surface area contributed by atoms with Crippen molar-refractivity contribution in [1.29, 1.82) is 0 Å². The summed E-state index contributed by atoms with van der Waals surface area (Å²) in [5, 5.41) is 12.2. The molecule has 1 aliphatic rings. The number of aliphatic hydroxyl groups is 1. The van der Waals surface area contributed by atoms with Crippen molar-refractivity contribution in [3.63, 3.8) is 0 Å². The van der Waals surface area contributed by atoms with Crippen molar-refractivity contribution in [1.82, 2.24) is 20.2 Å². The number of nitrogens with two attached hydrogens (primary N) is 1. The van der Waals surface area contributed by atoms with Gasteiger partial charge in [-0.15, -0.1) is 0 Å². The van der Waals surface area contributed by atoms with Gasteiger partial charge in [0.1, 0.15) is 17.2 Å². The minimum atomic E-state index is -4.90. The molecule has 0 saturated carbocycles. The predicted octanol–water partition coefficient (Wildman–Crippen LogP) is 4.57. The average Bonchev–Trinajstić information content (AvgIpc) is 3.35. The SMILES string of the molecule is Nc1ccc(/C=C/C(=O)NCc2cc3cc(-c4ccc(C(=O)N5CC(O)(C(F)(F)F)C5)cn4)cc(C(F)(F)F)c3o2)cn1. The van der Waals surface area contributed by atoms with Crippen molar-refractivity contribution in [3.8, 4) is 11.3 Å². The normalized spacial score (nSPS) is 15.1. The van der Waals surface area contributed by atoms with Crippen LogP contribution in [0.5, 0.6) is 0 Å². The second-order valence-electron chi connectivity index (χ2n) is 9.84. The maximum atomic E-state index is 14.0. The van der Waals surface area contributed by atoms with E-state index >= 15 is 0 Å². The number of amides is 2. The van der Waals surface area contributed by atoms with Gasteiger partial charge in [0.25, 0.3) is 5.91 Å². The molecule has 4 N–H and O–H groups in total. The summed E-state index contributed by atoms with van der Waals surface area (Å²) in [5.74, 6) is -0.990. The number of likely N-dealkylation sites (tertiary alicyclic amines) is 1. The molecule has 0 atom stereocenters. The first-order valence-corrected chi connectivity index (χ1v) is 12.5. The first-order valence-electron chi connectivity index (χ1n) is 12.5. The second-order valence-corrected chi connectivity index (χ2v) is 9.84. The summed E-state index contributed by atoms with van der Waals surface area (Å²) < 4.78 is 85.9. The lowest BCUT2D eigenvalue weighted by Gasteiger charge is -2.46. The van der Waals surface area contributed by atoms with Gasteiger partial charge in [0, 0.05) is 29.4 Å². The van der Waals surface area contributed by atoms with Gasteiger partial charge in [-0.05, 0) is 54.1 Å². The number of carbonyl (C=O) groups excluding carboxylic acids is 2. The molecule has 224 valence electrons. The van der Waals surface area contributed by atoms with Crippen LogP contribution in [0.4, 0.5) is 32.2 Å². The quantitative estimate of drug-likeness (QED) is 0.217. The Bertz CT molecular complexity index is 1710. The van der Waals surface area contributed by atoms with E-state index < -0.39 is 54.0 Å². The van der Waals surface area contributed by atoms with Gasteiger partial charge < -0.3 is 25.5 Å². The number of halogens is 6. The van der Waals surface area contributed by atoms with Gasteiger partial charge in [0.2, 0.25) is 5.91 Å². The van der Waals surface area contributed by atoms with Crippen LogP contribution in [0, 0.1) is 0 Å². The summed E-state index contributed by atoms with van der Waals surface area (Å²) in [4.78, 5) is 33.4. The van der Waals surface area contributed by atoms with Gasteiger partial charge in [0.15, 0.2) is 5.60 Å². The van der Waals surface area contributed by atoms with Crippen molar-refractivity contribution in [2.45, 2.75) is 24.5 Å². The van der Waals surface area contributed by atoms with Gasteiger partial charge in [0.05, 0.1) is 36.5 Å². The number of hydrogen-bond acceptors (Lipinski definition) is 7. The standard InChI is InChI=1S/C28H21F6N5O4/c29-27(30,31)20-9-17(21-4-3-16(11-36-21)25(41)39-13-26(42,14-39)28(32,33)34)7-18-8-19(43-24(18)20)12-38-23(40)6-2-15-1-5-22(35)37-10-15/h1-11,42H,12-14H2,(H2,35,37)(H,38,40)/b6-2+. The molecule has 3 aromatic heterocycles. The molecule has 0 aliphatic carbocycles. The molecule has 4 heterocycles. The maximum Gasteiger partial charge on any atom is 0.420 e. The third-order valence-corrected chi connectivity index (χ3v) is 6.67. The zero-order chi connectivity index (χ0) is 31.2. The smallest absolute Gasteiger partial charge is 0.420 e. The fourth-order valence-corrected chi connectivity index (χ4v) is 4.35. The lowest BCUT2D eigenvalue weighted by molar-refractivity contribution is -0.294. The molecule has 4 aromatic rings. The molecule has 9 nitrogen and oxygen atoms in total. The third kappa shape index (κ3) is 6.16. The second kappa shape index (κ2) is 10.7. The van der Waals surface area contributed by atoms with Crippen LogP contribution in [0.15, 0.2) is 65.4 Å². The Labute approximate surface area is 238 Å². The molecule has 2 amide bonds. The van der Waals surface area contributed by atoms with Gasteiger partial charge in [-0.25, -0.2) is 4.98 Å². The number of benzene rings is 1. The van der Waals surface area contributed by atoms with Gasteiger partial charge in [-0.3, -0.25) is 14.6 Å². The highest BCUT2D eigenvalue weighted by atomic mass is 19.4. The average molecular weight is 605 g/mol. The Morgan fingerprint density at radius 3 is 2.40 bits per heavy atom. The van der Waals surface area contributed by atoms with Crippen molar-refractivity contribution in [2.75, 3.05) is 18.8 Å². The lowest BCUT2D eigenvalue weighted by Crippen LogP contribution is -2.70. The van der Waals surface area contributed by atoms with E-state index in [0.717, 1.165) is 17.2 Å². The summed E-state index contributed by atoms with van der Waals surface area (Å²) in [7, 11) is 0. The minimum Gasteiger partial charge on any atom is -0.459 e. The summed E-state index contributed by atoms with van der Waals surface area (Å²) in [6.07, 6.45) is -4.53. The van der Waals surface area contributed by atoms with E-state index in [1.165, 1.54) is 42.6 Å². The molecule has 1 aromatic carbocycles. The Kier molecular flexibility index (Phi) is 7.38. The number of alkyl halides is 6. The highest BCUT2D eigenvalue weighted by Gasteiger charge is 2.62. The number of nitrogen functional groups attached to an aromatic ring is 1. The summed E-state index contributed by atoms with van der Waals surface area (Å²) >= 11 is 0. The molecular weight excluding hydrogens is 584 g/mol. The molecule has 1 fully saturated rings. The Hall–Kier alpha value is -4.92. The highest BCUT2D eigenvalue weighted by Crippen LogP contribution is 2.40. The number of furan rings is 1. The number of carbonyl (C=O) groups is 2. The van der Waals surface area contributed by atoms with Crippen LogP contribution >= 0.6 is 0 Å². The number of anilines is 1. The van der Waals surface area contributed by atoms with Crippen LogP contribution in [0.2, 0.25) is 0 Å². The number of aromatic nitrogens is 2. The summed E-state index contributed by atoms with van der Waals surface area (Å²) in [5.41, 5.74) is 1.56. The zero-order valence-corrected chi connectivity index (χ0v) is 21.8. The molecule has 1 aliphatic heterocycles. The zero-order valence-electron chi connectivity index (χ0n) is 21.8. The molecule has 43 heavy (non-hydrogen) atoms. The Balaban J connectivity index is 1.32. The van der Waals surface area contributed by atoms with Gasteiger partial charge in [-0.1, -0.05) is 0 Å². The van der Waals surface area contributed by atoms with E-state index in [9.17, 15) is 41.0 Å². The Morgan fingerprint density at radius 1 is 1.05 bits per heavy atom. The summed E-state index contributed by atoms with van der Waals surface area (Å²) in [6, 6.07) is 9.22. The van der Waals surface area contributed by atoms with E-state index in [4.69, 9.17) is 10.2 Å². The summed E-state index contributed by atoms with van der Waals surface area (Å²) in [6.45, 7) is -2.09. The molecule has 0 radical (unpaired) electrons. The number of pyridine rings is 2. The number of hydrogen-bond donors (Lipinski definition) is 3. The molecule has 0 spiro atoms. The van der Waals surface area contributed by atoms with Crippen molar-refractivity contribution < 1.29 is 45.5 Å². The van der Waals surface area contributed by atoms with Crippen molar-refractivity contribution in [2.24, 2.45) is 0 Å². The fraction of sp³-hybridized carbons (Fsp3) is 0.214. The number of nitrogens with zero attached hydrogens (tertiary/aromatic N) is 3. The van der Waals surface area contributed by atoms with E-state index in [0.29, 0.717) is 11.4 Å². The third-order valence-electron chi connectivity index (χ3n) is 6.67. The first-order chi connectivity index (χ1) is 20.1. The monoisotopic (exact) mass is 605 g/mol. The van der Waals surface area contributed by atoms with E-state index in [1.807, 2.05) is 0 Å². The first kappa shape index (κ1) is 29.6. The predicted molar refractivity (Wildman–Crippen MR) is 141 cm³/mol. The minimum absolute atomic E-state index is 0.0330. The molecule has 0 unspecified atom stereocenters. The van der Waals surface area contributed by atoms with Gasteiger partial charge in [-0.2, -0.15) is 26.3 Å². The highest BCUT2D eigenvalue weighted by molar-refractivity contribution is 5.95. The van der Waals surface area contributed by atoms with Crippen LogP contribution in [-0.2, 0) is 17.5 Å². The molecule has 15 heteroatoms. The van der Waals surface area contributed by atoms with E-state index in [1.54, 1.807) is 12.1 Å². The van der Waals surface area contributed by atoms with Gasteiger partial charge >= 0.3 is 12.4 Å².